The van der Waals surface area contributed by atoms with E-state index in [9.17, 15) is 4.79 Å². The molecule has 0 radical (unpaired) electrons. The molecule has 0 bridgehead atoms. The van der Waals surface area contributed by atoms with Gasteiger partial charge in [0, 0.05) is 39.1 Å². The van der Waals surface area contributed by atoms with Crippen LogP contribution in [0.2, 0.25) is 0 Å². The molecule has 1 aromatic rings. The Hall–Kier alpha value is -1.59. The summed E-state index contributed by atoms with van der Waals surface area (Å²) in [5.74, 6) is 0.992. The van der Waals surface area contributed by atoms with Gasteiger partial charge in [-0.25, -0.2) is 0 Å². The summed E-state index contributed by atoms with van der Waals surface area (Å²) < 4.78 is 5.72. The summed E-state index contributed by atoms with van der Waals surface area (Å²) >= 11 is 0. The standard InChI is InChI=1S/C14H21N3O2/c15-11-12-2-1-3-13(10-12)19-9-8-17-6-4-14(18)16-5-7-17/h1-3,10H,4-9,11,15H2,(H,16,18). The highest BCUT2D eigenvalue weighted by atomic mass is 16.5. The molecule has 1 aliphatic rings. The molecule has 1 fully saturated rings. The number of carbonyl (C=O) groups excluding carboxylic acids is 1. The van der Waals surface area contributed by atoms with Gasteiger partial charge in [-0.05, 0) is 17.7 Å². The summed E-state index contributed by atoms with van der Waals surface area (Å²) in [6, 6.07) is 7.84. The zero-order valence-corrected chi connectivity index (χ0v) is 11.1. The third-order valence-corrected chi connectivity index (χ3v) is 3.22. The van der Waals surface area contributed by atoms with E-state index in [2.05, 4.69) is 10.2 Å². The van der Waals surface area contributed by atoms with E-state index >= 15 is 0 Å². The molecule has 0 unspecified atom stereocenters. The Bertz CT molecular complexity index is 423. The Balaban J connectivity index is 1.74. The van der Waals surface area contributed by atoms with Crippen LogP contribution in [0.3, 0.4) is 0 Å². The number of amides is 1. The molecule has 104 valence electrons. The maximum Gasteiger partial charge on any atom is 0.221 e. The van der Waals surface area contributed by atoms with Gasteiger partial charge in [0.05, 0.1) is 0 Å². The first kappa shape index (κ1) is 13.8. The molecule has 0 aliphatic carbocycles. The van der Waals surface area contributed by atoms with Gasteiger partial charge >= 0.3 is 0 Å². The first-order valence-electron chi connectivity index (χ1n) is 6.69. The minimum atomic E-state index is 0.138. The molecule has 5 heteroatoms. The van der Waals surface area contributed by atoms with Crippen molar-refractivity contribution in [1.29, 1.82) is 0 Å². The van der Waals surface area contributed by atoms with Crippen LogP contribution < -0.4 is 15.8 Å². The Labute approximate surface area is 113 Å². The quantitative estimate of drug-likeness (QED) is 0.804. The van der Waals surface area contributed by atoms with Crippen molar-refractivity contribution in [3.05, 3.63) is 29.8 Å². The fraction of sp³-hybridized carbons (Fsp3) is 0.500. The van der Waals surface area contributed by atoms with Gasteiger partial charge in [-0.1, -0.05) is 12.1 Å². The molecule has 1 saturated heterocycles. The summed E-state index contributed by atoms with van der Waals surface area (Å²) in [6.45, 7) is 4.40. The lowest BCUT2D eigenvalue weighted by molar-refractivity contribution is -0.120. The fourth-order valence-corrected chi connectivity index (χ4v) is 2.09. The van der Waals surface area contributed by atoms with Crippen LogP contribution in [0.15, 0.2) is 24.3 Å². The van der Waals surface area contributed by atoms with Crippen molar-refractivity contribution in [1.82, 2.24) is 10.2 Å². The van der Waals surface area contributed by atoms with E-state index in [1.807, 2.05) is 24.3 Å². The highest BCUT2D eigenvalue weighted by molar-refractivity contribution is 5.76. The highest BCUT2D eigenvalue weighted by Gasteiger charge is 2.12. The molecule has 19 heavy (non-hydrogen) atoms. The molecule has 1 heterocycles. The van der Waals surface area contributed by atoms with Gasteiger partial charge in [0.25, 0.3) is 0 Å². The van der Waals surface area contributed by atoms with Crippen molar-refractivity contribution in [3.8, 4) is 5.75 Å². The lowest BCUT2D eigenvalue weighted by atomic mass is 10.2. The van der Waals surface area contributed by atoms with Crippen LogP contribution in [0.4, 0.5) is 0 Å². The van der Waals surface area contributed by atoms with Crippen molar-refractivity contribution in [2.45, 2.75) is 13.0 Å². The van der Waals surface area contributed by atoms with E-state index in [0.717, 1.165) is 37.5 Å². The van der Waals surface area contributed by atoms with Gasteiger partial charge in [0.15, 0.2) is 0 Å². The van der Waals surface area contributed by atoms with Crippen LogP contribution in [-0.4, -0.2) is 43.6 Å². The van der Waals surface area contributed by atoms with Crippen molar-refractivity contribution < 1.29 is 9.53 Å². The average molecular weight is 263 g/mol. The smallest absolute Gasteiger partial charge is 0.221 e. The zero-order valence-electron chi connectivity index (χ0n) is 11.1. The second-order valence-corrected chi connectivity index (χ2v) is 4.64. The van der Waals surface area contributed by atoms with Gasteiger partial charge in [-0.2, -0.15) is 0 Å². The van der Waals surface area contributed by atoms with Crippen LogP contribution in [0.5, 0.6) is 5.75 Å². The molecule has 0 atom stereocenters. The largest absolute Gasteiger partial charge is 0.492 e. The molecular formula is C14H21N3O2. The summed E-state index contributed by atoms with van der Waals surface area (Å²) in [6.07, 6.45) is 0.572. The van der Waals surface area contributed by atoms with Crippen molar-refractivity contribution >= 4 is 5.91 Å². The minimum Gasteiger partial charge on any atom is -0.492 e. The van der Waals surface area contributed by atoms with Crippen LogP contribution in [0.1, 0.15) is 12.0 Å². The Morgan fingerprint density at radius 1 is 1.37 bits per heavy atom. The van der Waals surface area contributed by atoms with E-state index < -0.39 is 0 Å². The third-order valence-electron chi connectivity index (χ3n) is 3.22. The molecule has 0 aromatic heterocycles. The Kier molecular flexibility index (Phi) is 5.18. The predicted octanol–water partition coefficient (Wildman–Crippen LogP) is 0.346. The maximum absolute atomic E-state index is 11.2. The van der Waals surface area contributed by atoms with E-state index in [0.29, 0.717) is 19.6 Å². The normalized spacial score (nSPS) is 16.8. The third kappa shape index (κ3) is 4.54. The number of benzene rings is 1. The van der Waals surface area contributed by atoms with E-state index in [1.165, 1.54) is 0 Å². The molecule has 3 N–H and O–H groups in total. The average Bonchev–Trinajstić information content (AvgIpc) is 2.64. The summed E-state index contributed by atoms with van der Waals surface area (Å²) in [4.78, 5) is 13.5. The maximum atomic E-state index is 11.2. The number of hydrogen-bond donors (Lipinski definition) is 2. The Morgan fingerprint density at radius 3 is 3.11 bits per heavy atom. The number of nitrogens with zero attached hydrogens (tertiary/aromatic N) is 1. The zero-order chi connectivity index (χ0) is 13.5. The molecule has 1 amide bonds. The number of carbonyl (C=O) groups is 1. The number of ether oxygens (including phenoxy) is 1. The lowest BCUT2D eigenvalue weighted by Gasteiger charge is -2.19. The molecule has 2 rings (SSSR count). The number of nitrogens with one attached hydrogen (secondary N) is 1. The monoisotopic (exact) mass is 263 g/mol. The number of hydrogen-bond acceptors (Lipinski definition) is 4. The number of rotatable bonds is 5. The van der Waals surface area contributed by atoms with E-state index in [-0.39, 0.29) is 5.91 Å². The molecular weight excluding hydrogens is 242 g/mol. The predicted molar refractivity (Wildman–Crippen MR) is 73.9 cm³/mol. The Morgan fingerprint density at radius 2 is 2.26 bits per heavy atom. The molecule has 1 aromatic carbocycles. The summed E-state index contributed by atoms with van der Waals surface area (Å²) in [5.41, 5.74) is 6.66. The first-order valence-corrected chi connectivity index (χ1v) is 6.69. The topological polar surface area (TPSA) is 67.6 Å². The first-order chi connectivity index (χ1) is 9.28. The lowest BCUT2D eigenvalue weighted by Crippen LogP contribution is -2.32. The summed E-state index contributed by atoms with van der Waals surface area (Å²) in [5, 5.41) is 2.86. The van der Waals surface area contributed by atoms with Crippen molar-refractivity contribution in [3.63, 3.8) is 0 Å². The molecule has 0 spiro atoms. The van der Waals surface area contributed by atoms with E-state index in [1.54, 1.807) is 0 Å². The summed E-state index contributed by atoms with van der Waals surface area (Å²) in [7, 11) is 0. The van der Waals surface area contributed by atoms with Crippen molar-refractivity contribution in [2.75, 3.05) is 32.8 Å². The fourth-order valence-electron chi connectivity index (χ4n) is 2.09. The van der Waals surface area contributed by atoms with Crippen LogP contribution in [-0.2, 0) is 11.3 Å². The van der Waals surface area contributed by atoms with Gasteiger partial charge in [-0.15, -0.1) is 0 Å². The van der Waals surface area contributed by atoms with Gasteiger partial charge in [0.2, 0.25) is 5.91 Å². The molecule has 1 aliphatic heterocycles. The highest BCUT2D eigenvalue weighted by Crippen LogP contribution is 2.12. The van der Waals surface area contributed by atoms with Crippen LogP contribution >= 0.6 is 0 Å². The van der Waals surface area contributed by atoms with Crippen LogP contribution in [0, 0.1) is 0 Å². The van der Waals surface area contributed by atoms with Gasteiger partial charge in [-0.3, -0.25) is 9.69 Å². The van der Waals surface area contributed by atoms with Gasteiger partial charge in [0.1, 0.15) is 12.4 Å². The van der Waals surface area contributed by atoms with Gasteiger partial charge < -0.3 is 15.8 Å². The van der Waals surface area contributed by atoms with Crippen LogP contribution in [0.25, 0.3) is 0 Å². The molecule has 0 saturated carbocycles. The molecule has 5 nitrogen and oxygen atoms in total. The minimum absolute atomic E-state index is 0.138. The number of nitrogens with two attached hydrogens (primary N) is 1. The van der Waals surface area contributed by atoms with E-state index in [4.69, 9.17) is 10.5 Å². The van der Waals surface area contributed by atoms with Crippen molar-refractivity contribution in [2.24, 2.45) is 5.73 Å². The second kappa shape index (κ2) is 7.11. The second-order valence-electron chi connectivity index (χ2n) is 4.64. The SMILES string of the molecule is NCc1cccc(OCCN2CCNC(=O)CC2)c1.